The fourth-order valence-electron chi connectivity index (χ4n) is 5.96. The lowest BCUT2D eigenvalue weighted by Crippen LogP contribution is -2.55. The number of carbonyl (C=O) groups is 3. The standard InChI is InChI=1S/C33H38F2N8O4/c1-40-16-18-41(19-17-40)24-9-14-42(15-10-24)32(46)43(36)29-21-26(8-13-37-29)47-25-6-7-28(27(35)20-25)39-31(45)33(11-12-33)30(44)38-23-4-2-22(34)3-5-23/h2-8,13,20-21,24H,9-12,14-19,36H2,1H3,(H,38,44)(H,39,45). The van der Waals surface area contributed by atoms with Crippen LogP contribution in [0.3, 0.4) is 0 Å². The molecule has 0 spiro atoms. The molecule has 3 heterocycles. The van der Waals surface area contributed by atoms with Crippen LogP contribution in [0, 0.1) is 17.0 Å². The SMILES string of the molecule is CN1CCN(C2CCN(C(=O)N(N)c3cc(Oc4ccc(NC(=O)C5(C(=O)Nc6ccc(F)cc6)CC5)c(F)c4)ccn3)CC2)CC1. The van der Waals surface area contributed by atoms with Crippen molar-refractivity contribution in [1.29, 1.82) is 0 Å². The maximum atomic E-state index is 15.1. The predicted molar refractivity (Wildman–Crippen MR) is 172 cm³/mol. The monoisotopic (exact) mass is 648 g/mol. The summed E-state index contributed by atoms with van der Waals surface area (Å²) >= 11 is 0. The van der Waals surface area contributed by atoms with E-state index in [9.17, 15) is 18.8 Å². The molecule has 2 aliphatic heterocycles. The van der Waals surface area contributed by atoms with Gasteiger partial charge in [0.15, 0.2) is 5.82 Å². The minimum absolute atomic E-state index is 0.117. The molecule has 6 rings (SSSR count). The summed E-state index contributed by atoms with van der Waals surface area (Å²) in [7, 11) is 2.13. The normalized spacial score (nSPS) is 18.3. The van der Waals surface area contributed by atoms with Gasteiger partial charge in [0.25, 0.3) is 0 Å². The lowest BCUT2D eigenvalue weighted by molar-refractivity contribution is -0.131. The summed E-state index contributed by atoms with van der Waals surface area (Å²) in [6, 6.07) is 12.2. The number of amides is 4. The van der Waals surface area contributed by atoms with Crippen LogP contribution in [0.2, 0.25) is 0 Å². The number of piperidine rings is 1. The van der Waals surface area contributed by atoms with Crippen LogP contribution in [0.15, 0.2) is 60.8 Å². The number of carbonyl (C=O) groups excluding carboxylic acids is 3. The largest absolute Gasteiger partial charge is 0.457 e. The van der Waals surface area contributed by atoms with Gasteiger partial charge in [-0.1, -0.05) is 0 Å². The van der Waals surface area contributed by atoms with E-state index in [2.05, 4.69) is 32.5 Å². The van der Waals surface area contributed by atoms with Gasteiger partial charge in [0.2, 0.25) is 11.8 Å². The second-order valence-corrected chi connectivity index (χ2v) is 12.3. The third kappa shape index (κ3) is 7.34. The Morgan fingerprint density at radius 1 is 0.894 bits per heavy atom. The number of hydrogen-bond acceptors (Lipinski definition) is 8. The maximum Gasteiger partial charge on any atom is 0.340 e. The van der Waals surface area contributed by atoms with Crippen LogP contribution in [0.25, 0.3) is 0 Å². The van der Waals surface area contributed by atoms with Crippen molar-refractivity contribution in [2.45, 2.75) is 31.7 Å². The average Bonchev–Trinajstić information content (AvgIpc) is 3.90. The molecule has 1 aliphatic carbocycles. The van der Waals surface area contributed by atoms with Crippen molar-refractivity contribution in [1.82, 2.24) is 19.7 Å². The second-order valence-electron chi connectivity index (χ2n) is 12.3. The summed E-state index contributed by atoms with van der Waals surface area (Å²) in [6.07, 6.45) is 3.80. The fourth-order valence-corrected chi connectivity index (χ4v) is 5.96. The highest BCUT2D eigenvalue weighted by Gasteiger charge is 2.56. The van der Waals surface area contributed by atoms with Crippen LogP contribution in [0.4, 0.5) is 30.8 Å². The summed E-state index contributed by atoms with van der Waals surface area (Å²) in [5.41, 5.74) is -1.10. The van der Waals surface area contributed by atoms with Gasteiger partial charge in [0.05, 0.1) is 5.69 Å². The number of rotatable bonds is 8. The molecule has 0 unspecified atom stereocenters. The number of likely N-dealkylation sites (tertiary alicyclic amines) is 1. The van der Waals surface area contributed by atoms with Crippen molar-refractivity contribution in [3.05, 3.63) is 72.4 Å². The number of nitrogens with one attached hydrogen (secondary N) is 2. The molecule has 1 saturated carbocycles. The van der Waals surface area contributed by atoms with Crippen LogP contribution in [-0.4, -0.2) is 89.9 Å². The first-order chi connectivity index (χ1) is 22.6. The zero-order valence-electron chi connectivity index (χ0n) is 26.1. The molecule has 0 atom stereocenters. The molecule has 47 heavy (non-hydrogen) atoms. The molecule has 4 N–H and O–H groups in total. The number of aromatic nitrogens is 1. The molecule has 3 aromatic rings. The van der Waals surface area contributed by atoms with Crippen LogP contribution < -0.4 is 26.2 Å². The Morgan fingerprint density at radius 3 is 2.21 bits per heavy atom. The molecule has 2 saturated heterocycles. The van der Waals surface area contributed by atoms with Gasteiger partial charge in [-0.25, -0.2) is 29.4 Å². The van der Waals surface area contributed by atoms with Gasteiger partial charge in [0.1, 0.15) is 28.5 Å². The number of ether oxygens (including phenoxy) is 1. The van der Waals surface area contributed by atoms with E-state index in [1.165, 1.54) is 48.7 Å². The number of piperazine rings is 1. The van der Waals surface area contributed by atoms with Crippen LogP contribution in [0.5, 0.6) is 11.5 Å². The summed E-state index contributed by atoms with van der Waals surface area (Å²) in [6.45, 7) is 5.37. The summed E-state index contributed by atoms with van der Waals surface area (Å²) < 4.78 is 34.1. The topological polar surface area (TPSA) is 136 Å². The molecular formula is C33H38F2N8O4. The Labute approximate surface area is 271 Å². The Balaban J connectivity index is 1.03. The molecule has 0 radical (unpaired) electrons. The van der Waals surface area contributed by atoms with E-state index >= 15 is 4.39 Å². The maximum absolute atomic E-state index is 15.1. The quantitative estimate of drug-likeness (QED) is 0.144. The number of benzene rings is 2. The van der Waals surface area contributed by atoms with Gasteiger partial charge in [-0.2, -0.15) is 0 Å². The van der Waals surface area contributed by atoms with E-state index in [0.29, 0.717) is 37.7 Å². The van der Waals surface area contributed by atoms with E-state index in [-0.39, 0.29) is 29.0 Å². The van der Waals surface area contributed by atoms with E-state index in [1.807, 2.05) is 0 Å². The molecule has 4 amide bonds. The number of halogens is 2. The van der Waals surface area contributed by atoms with Crippen LogP contribution in [0.1, 0.15) is 25.7 Å². The van der Waals surface area contributed by atoms with E-state index in [4.69, 9.17) is 10.6 Å². The molecule has 0 bridgehead atoms. The molecule has 1 aromatic heterocycles. The first-order valence-corrected chi connectivity index (χ1v) is 15.7. The van der Waals surface area contributed by atoms with Gasteiger partial charge in [-0.15, -0.1) is 0 Å². The molecule has 248 valence electrons. The van der Waals surface area contributed by atoms with E-state index < -0.39 is 28.9 Å². The minimum atomic E-state index is -1.34. The molecule has 2 aromatic carbocycles. The van der Waals surface area contributed by atoms with Gasteiger partial charge >= 0.3 is 6.03 Å². The second kappa shape index (κ2) is 13.6. The van der Waals surface area contributed by atoms with Crippen molar-refractivity contribution in [3.8, 4) is 11.5 Å². The number of anilines is 3. The third-order valence-electron chi connectivity index (χ3n) is 9.10. The number of hydrazine groups is 1. The highest BCUT2D eigenvalue weighted by atomic mass is 19.1. The van der Waals surface area contributed by atoms with Gasteiger partial charge in [0, 0.05) is 69.3 Å². The van der Waals surface area contributed by atoms with Gasteiger partial charge in [-0.05, 0) is 75.2 Å². The number of pyridine rings is 1. The third-order valence-corrected chi connectivity index (χ3v) is 9.10. The average molecular weight is 649 g/mol. The van der Waals surface area contributed by atoms with Crippen molar-refractivity contribution < 1.29 is 27.9 Å². The predicted octanol–water partition coefficient (Wildman–Crippen LogP) is 4.02. The molecule has 12 nitrogen and oxygen atoms in total. The van der Waals surface area contributed by atoms with Gasteiger partial charge in [-0.3, -0.25) is 14.5 Å². The van der Waals surface area contributed by atoms with Crippen molar-refractivity contribution >= 4 is 35.0 Å². The number of hydrogen-bond donors (Lipinski definition) is 3. The first kappa shape index (κ1) is 32.3. The van der Waals surface area contributed by atoms with Crippen molar-refractivity contribution in [2.24, 2.45) is 11.3 Å². The Kier molecular flexibility index (Phi) is 9.34. The van der Waals surface area contributed by atoms with Crippen molar-refractivity contribution in [2.75, 3.05) is 62.0 Å². The Morgan fingerprint density at radius 2 is 1.55 bits per heavy atom. The minimum Gasteiger partial charge on any atom is -0.457 e. The number of likely N-dealkylation sites (N-methyl/N-ethyl adjacent to an activating group) is 1. The number of nitrogens with two attached hydrogens (primary N) is 1. The van der Waals surface area contributed by atoms with Crippen molar-refractivity contribution in [3.63, 3.8) is 0 Å². The molecular weight excluding hydrogens is 610 g/mol. The first-order valence-electron chi connectivity index (χ1n) is 15.7. The Bertz CT molecular complexity index is 1620. The highest BCUT2D eigenvalue weighted by Crippen LogP contribution is 2.47. The lowest BCUT2D eigenvalue weighted by Gasteiger charge is -2.42. The van der Waals surface area contributed by atoms with E-state index in [0.717, 1.165) is 50.1 Å². The zero-order valence-corrected chi connectivity index (χ0v) is 26.1. The summed E-state index contributed by atoms with van der Waals surface area (Å²) in [5.74, 6) is 4.37. The van der Waals surface area contributed by atoms with Gasteiger partial charge < -0.3 is 25.2 Å². The van der Waals surface area contributed by atoms with Crippen LogP contribution >= 0.6 is 0 Å². The lowest BCUT2D eigenvalue weighted by atomic mass is 10.0. The summed E-state index contributed by atoms with van der Waals surface area (Å²) in [4.78, 5) is 49.8. The van der Waals surface area contributed by atoms with Crippen LogP contribution in [-0.2, 0) is 9.59 Å². The summed E-state index contributed by atoms with van der Waals surface area (Å²) in [5, 5.41) is 6.11. The molecule has 14 heteroatoms. The highest BCUT2D eigenvalue weighted by molar-refractivity contribution is 6.16. The number of nitrogens with zero attached hydrogens (tertiary/aromatic N) is 5. The smallest absolute Gasteiger partial charge is 0.340 e. The Hall–Kier alpha value is -4.66. The number of urea groups is 1. The van der Waals surface area contributed by atoms with E-state index in [1.54, 1.807) is 11.0 Å². The zero-order chi connectivity index (χ0) is 33.1. The molecule has 3 aliphatic rings. The molecule has 3 fully saturated rings. The fraction of sp³-hybridized carbons (Fsp3) is 0.394.